The van der Waals surface area contributed by atoms with E-state index in [1.54, 1.807) is 0 Å². The topological polar surface area (TPSA) is 0 Å². The zero-order valence-electron chi connectivity index (χ0n) is 5.80. The maximum Gasteiger partial charge on any atom is -0.0191 e. The van der Waals surface area contributed by atoms with E-state index in [0.717, 1.165) is 23.7 Å². The Morgan fingerprint density at radius 3 is 2.56 bits per heavy atom. The first kappa shape index (κ1) is 4.54. The van der Waals surface area contributed by atoms with Crippen molar-refractivity contribution in [2.24, 2.45) is 23.7 Å². The van der Waals surface area contributed by atoms with Gasteiger partial charge in [0.25, 0.3) is 0 Å². The Kier molecular flexibility index (Phi) is 0.564. The van der Waals surface area contributed by atoms with E-state index in [2.05, 4.69) is 13.0 Å². The van der Waals surface area contributed by atoms with Crippen LogP contribution < -0.4 is 0 Å². The van der Waals surface area contributed by atoms with E-state index < -0.39 is 0 Å². The van der Waals surface area contributed by atoms with Gasteiger partial charge in [0.1, 0.15) is 0 Å². The molecule has 48 valence electrons. The van der Waals surface area contributed by atoms with Crippen molar-refractivity contribution in [2.45, 2.75) is 19.8 Å². The van der Waals surface area contributed by atoms with Crippen molar-refractivity contribution >= 4 is 0 Å². The Morgan fingerprint density at radius 2 is 2.33 bits per heavy atom. The normalized spacial score (nSPS) is 59.4. The van der Waals surface area contributed by atoms with Gasteiger partial charge >= 0.3 is 0 Å². The lowest BCUT2D eigenvalue weighted by Gasteiger charge is -2.14. The summed E-state index contributed by atoms with van der Waals surface area (Å²) in [6.07, 6.45) is 5.62. The van der Waals surface area contributed by atoms with Crippen LogP contribution in [0.2, 0.25) is 0 Å². The van der Waals surface area contributed by atoms with Crippen molar-refractivity contribution in [1.29, 1.82) is 0 Å². The van der Waals surface area contributed by atoms with Gasteiger partial charge in [-0.15, -0.1) is 0 Å². The molecule has 4 rings (SSSR count). The average molecular weight is 120 g/mol. The van der Waals surface area contributed by atoms with Crippen molar-refractivity contribution < 1.29 is 0 Å². The van der Waals surface area contributed by atoms with Crippen LogP contribution in [0.4, 0.5) is 0 Å². The van der Waals surface area contributed by atoms with Crippen molar-refractivity contribution in [2.75, 3.05) is 0 Å². The minimum absolute atomic E-state index is 0.980. The molecular weight excluding hydrogens is 108 g/mol. The third kappa shape index (κ3) is 0.331. The Morgan fingerprint density at radius 1 is 1.44 bits per heavy atom. The van der Waals surface area contributed by atoms with Gasteiger partial charge in [-0.25, -0.2) is 0 Å². The summed E-state index contributed by atoms with van der Waals surface area (Å²) >= 11 is 0. The highest BCUT2D eigenvalue weighted by atomic mass is 14.6. The second kappa shape index (κ2) is 1.12. The fourth-order valence-corrected chi connectivity index (χ4v) is 3.30. The standard InChI is InChI=1S/C9H12/c1-5-8-3-6-2-7(8)4-9(5)6/h3,5-7,9H,2,4H2,1H3. The maximum absolute atomic E-state index is 2.56. The van der Waals surface area contributed by atoms with Gasteiger partial charge in [-0.05, 0) is 36.5 Å². The zero-order valence-corrected chi connectivity index (χ0v) is 5.80. The molecule has 4 aliphatic carbocycles. The van der Waals surface area contributed by atoms with Crippen LogP contribution >= 0.6 is 0 Å². The number of hydrogen-bond donors (Lipinski definition) is 0. The van der Waals surface area contributed by atoms with Crippen LogP contribution in [0.1, 0.15) is 19.8 Å². The van der Waals surface area contributed by atoms with Crippen LogP contribution in [-0.2, 0) is 0 Å². The van der Waals surface area contributed by atoms with Crippen LogP contribution in [0.5, 0.6) is 0 Å². The van der Waals surface area contributed by atoms with Crippen molar-refractivity contribution in [1.82, 2.24) is 0 Å². The lowest BCUT2D eigenvalue weighted by atomic mass is 9.90. The molecule has 4 aliphatic rings. The molecule has 0 heterocycles. The van der Waals surface area contributed by atoms with Crippen LogP contribution in [-0.4, -0.2) is 0 Å². The first-order chi connectivity index (χ1) is 4.36. The summed E-state index contributed by atoms with van der Waals surface area (Å²) in [5.74, 6) is 4.15. The van der Waals surface area contributed by atoms with E-state index in [1.165, 1.54) is 12.8 Å². The molecule has 0 N–H and O–H groups in total. The van der Waals surface area contributed by atoms with Gasteiger partial charge < -0.3 is 0 Å². The maximum atomic E-state index is 2.56. The Balaban J connectivity index is 2.18. The van der Waals surface area contributed by atoms with Gasteiger partial charge in [-0.2, -0.15) is 0 Å². The first-order valence-electron chi connectivity index (χ1n) is 4.08. The molecule has 0 saturated heterocycles. The summed E-state index contributed by atoms with van der Waals surface area (Å²) in [4.78, 5) is 0. The molecule has 0 aliphatic heterocycles. The molecule has 4 atom stereocenters. The van der Waals surface area contributed by atoms with E-state index in [-0.39, 0.29) is 0 Å². The Hall–Kier alpha value is -0.260. The fraction of sp³-hybridized carbons (Fsp3) is 0.778. The van der Waals surface area contributed by atoms with Gasteiger partial charge in [-0.1, -0.05) is 18.6 Å². The molecule has 0 amide bonds. The fourth-order valence-electron chi connectivity index (χ4n) is 3.30. The molecule has 0 aromatic carbocycles. The predicted octanol–water partition coefficient (Wildman–Crippen LogP) is 2.22. The van der Waals surface area contributed by atoms with Crippen LogP contribution in [0.25, 0.3) is 0 Å². The Labute approximate surface area is 56.0 Å². The zero-order chi connectivity index (χ0) is 6.01. The SMILES string of the molecule is CC1C2=CC3CC2CC31. The lowest BCUT2D eigenvalue weighted by Crippen LogP contribution is -2.07. The highest BCUT2D eigenvalue weighted by Crippen LogP contribution is 2.61. The smallest absolute Gasteiger partial charge is 0.0191 e. The molecule has 0 aromatic heterocycles. The minimum atomic E-state index is 0.980. The van der Waals surface area contributed by atoms with Crippen LogP contribution in [0.3, 0.4) is 0 Å². The molecule has 2 saturated carbocycles. The van der Waals surface area contributed by atoms with Gasteiger partial charge in [0.15, 0.2) is 0 Å². The average Bonchev–Trinajstić information content (AvgIpc) is 2.46. The molecule has 2 fully saturated rings. The third-order valence-corrected chi connectivity index (χ3v) is 3.71. The van der Waals surface area contributed by atoms with E-state index in [9.17, 15) is 0 Å². The van der Waals surface area contributed by atoms with E-state index in [4.69, 9.17) is 0 Å². The molecule has 4 bridgehead atoms. The quantitative estimate of drug-likeness (QED) is 0.430. The molecule has 0 aromatic rings. The molecule has 0 spiro atoms. The minimum Gasteiger partial charge on any atom is -0.0813 e. The van der Waals surface area contributed by atoms with Crippen molar-refractivity contribution in [3.63, 3.8) is 0 Å². The summed E-state index contributed by atoms with van der Waals surface area (Å²) in [6, 6.07) is 0. The molecule has 0 radical (unpaired) electrons. The first-order valence-corrected chi connectivity index (χ1v) is 4.08. The van der Waals surface area contributed by atoms with Crippen molar-refractivity contribution in [3.8, 4) is 0 Å². The molecule has 0 heteroatoms. The number of rotatable bonds is 0. The summed E-state index contributed by atoms with van der Waals surface area (Å²) in [6.45, 7) is 2.41. The summed E-state index contributed by atoms with van der Waals surface area (Å²) < 4.78 is 0. The molecule has 4 unspecified atom stereocenters. The summed E-state index contributed by atoms with van der Waals surface area (Å²) in [7, 11) is 0. The van der Waals surface area contributed by atoms with Gasteiger partial charge in [0.2, 0.25) is 0 Å². The predicted molar refractivity (Wildman–Crippen MR) is 37.0 cm³/mol. The monoisotopic (exact) mass is 120 g/mol. The second-order valence-electron chi connectivity index (χ2n) is 3.95. The highest BCUT2D eigenvalue weighted by molar-refractivity contribution is 5.32. The van der Waals surface area contributed by atoms with E-state index >= 15 is 0 Å². The number of allylic oxidation sites excluding steroid dienone is 2. The van der Waals surface area contributed by atoms with E-state index in [1.807, 2.05) is 5.57 Å². The Bertz CT molecular complexity index is 184. The molecule has 0 nitrogen and oxygen atoms in total. The second-order valence-corrected chi connectivity index (χ2v) is 3.95. The van der Waals surface area contributed by atoms with Crippen molar-refractivity contribution in [3.05, 3.63) is 11.6 Å². The summed E-state index contributed by atoms with van der Waals surface area (Å²) in [5.41, 5.74) is 1.82. The molecule has 9 heavy (non-hydrogen) atoms. The van der Waals surface area contributed by atoms with Crippen LogP contribution in [0.15, 0.2) is 11.6 Å². The van der Waals surface area contributed by atoms with Gasteiger partial charge in [-0.3, -0.25) is 0 Å². The van der Waals surface area contributed by atoms with Gasteiger partial charge in [0.05, 0.1) is 0 Å². The lowest BCUT2D eigenvalue weighted by molar-refractivity contribution is 0.400. The summed E-state index contributed by atoms with van der Waals surface area (Å²) in [5, 5.41) is 0. The molecular formula is C9H12. The highest BCUT2D eigenvalue weighted by Gasteiger charge is 2.51. The third-order valence-electron chi connectivity index (χ3n) is 3.71. The van der Waals surface area contributed by atoms with E-state index in [0.29, 0.717) is 0 Å². The largest absolute Gasteiger partial charge is 0.0813 e. The van der Waals surface area contributed by atoms with Crippen LogP contribution in [0, 0.1) is 23.7 Å². The number of hydrogen-bond acceptors (Lipinski definition) is 0. The van der Waals surface area contributed by atoms with Gasteiger partial charge in [0, 0.05) is 0 Å².